The van der Waals surface area contributed by atoms with Crippen LogP contribution in [0.4, 0.5) is 0 Å². The van der Waals surface area contributed by atoms with Crippen LogP contribution in [-0.4, -0.2) is 173 Å². The van der Waals surface area contributed by atoms with Crippen molar-refractivity contribution in [1.29, 1.82) is 0 Å². The van der Waals surface area contributed by atoms with Crippen molar-refractivity contribution < 1.29 is 132 Å². The molecule has 6 rings (SSSR count). The number of hydrogen-bond donors (Lipinski definition) is 10. The van der Waals surface area contributed by atoms with Gasteiger partial charge in [-0.05, 0) is 46.5 Å². The fourth-order valence-electron chi connectivity index (χ4n) is 8.30. The van der Waals surface area contributed by atoms with Gasteiger partial charge in [0.15, 0.2) is 11.6 Å². The van der Waals surface area contributed by atoms with Gasteiger partial charge in [0.2, 0.25) is 0 Å². The predicted molar refractivity (Wildman–Crippen MR) is 265 cm³/mol. The quantitative estimate of drug-likeness (QED) is 0.0300. The zero-order chi connectivity index (χ0) is 59.3. The number of ether oxygens (including phenoxy) is 2. The summed E-state index contributed by atoms with van der Waals surface area (Å²) in [5.74, 6) is -8.24. The highest BCUT2D eigenvalue weighted by Crippen LogP contribution is 2.38. The second kappa shape index (κ2) is 25.0. The van der Waals surface area contributed by atoms with Gasteiger partial charge in [-0.3, -0.25) is 36.9 Å². The molecule has 0 aromatic heterocycles. The number of carbonyl (C=O) groups excluding carboxylic acids is 2. The van der Waals surface area contributed by atoms with Crippen LogP contribution in [0.5, 0.6) is 0 Å². The lowest BCUT2D eigenvalue weighted by atomic mass is 9.86. The summed E-state index contributed by atoms with van der Waals surface area (Å²) in [6.45, 7) is -2.90. The molecule has 38 heteroatoms. The molecule has 32 nitrogen and oxygen atoms in total. The standard InChI is InChI=1S/C42H46N2O30S6/c45-39(43-37-35(73-79(61,62)63)33(71-77(55,56)57)31(23-67-75(49,50)51)69-41(37,47)21-27-7-3-1-4-8-27)29-17-13-25(14-18-29)11-12-26-15-19-30(20-16-26)40(46)44-38-36(74-80(64,65)66)34(72-78(58,59)60)32(24-68-76(52,53)54)70-42(38,48)22-28-9-5-2-6-10-28/h1-20,31-38,47-48H,21-24H2,(H,43,45)(H,44,46)(H,49,50,51)(H,52,53,54)(H,55,56,57)(H,58,59,60)(H,61,62,63)(H,64,65,66)/b12-11+/t31-,32-,33-,34-,35+,36+,37-,38-,41+,42+/m1/s1. The Morgan fingerprint density at radius 2 is 0.725 bits per heavy atom. The summed E-state index contributed by atoms with van der Waals surface area (Å²) in [4.78, 5) is 27.7. The molecule has 80 heavy (non-hydrogen) atoms. The van der Waals surface area contributed by atoms with E-state index in [9.17, 15) is 97.6 Å². The first-order valence-corrected chi connectivity index (χ1v) is 30.3. The molecule has 2 aliphatic heterocycles. The highest BCUT2D eigenvalue weighted by atomic mass is 32.3. The maximum Gasteiger partial charge on any atom is 0.397 e. The lowest BCUT2D eigenvalue weighted by Crippen LogP contribution is -2.72. The number of rotatable bonds is 24. The van der Waals surface area contributed by atoms with Gasteiger partial charge in [-0.2, -0.15) is 50.5 Å². The molecular formula is C42H46N2O30S6. The van der Waals surface area contributed by atoms with E-state index in [-0.39, 0.29) is 22.3 Å². The van der Waals surface area contributed by atoms with Crippen LogP contribution in [0.1, 0.15) is 43.0 Å². The normalized spacial score (nSPS) is 26.1. The van der Waals surface area contributed by atoms with Gasteiger partial charge in [0, 0.05) is 24.0 Å². The van der Waals surface area contributed by atoms with Crippen molar-refractivity contribution in [2.75, 3.05) is 13.2 Å². The van der Waals surface area contributed by atoms with Crippen LogP contribution in [0, 0.1) is 0 Å². The number of aliphatic hydroxyl groups is 2. The Balaban J connectivity index is 1.25. The average molecular weight is 1250 g/mol. The summed E-state index contributed by atoms with van der Waals surface area (Å²) in [5, 5.41) is 28.6. The number of amides is 2. The Labute approximate surface area is 455 Å². The van der Waals surface area contributed by atoms with E-state index in [1.165, 1.54) is 109 Å². The Bertz CT molecular complexity index is 3340. The third-order valence-corrected chi connectivity index (χ3v) is 14.1. The van der Waals surface area contributed by atoms with Crippen LogP contribution < -0.4 is 10.6 Å². The van der Waals surface area contributed by atoms with E-state index >= 15 is 0 Å². The Morgan fingerprint density at radius 1 is 0.438 bits per heavy atom. The van der Waals surface area contributed by atoms with E-state index < -0.39 is 161 Å². The lowest BCUT2D eigenvalue weighted by molar-refractivity contribution is -0.309. The zero-order valence-electron chi connectivity index (χ0n) is 40.0. The van der Waals surface area contributed by atoms with E-state index in [2.05, 4.69) is 35.7 Å². The zero-order valence-corrected chi connectivity index (χ0v) is 44.9. The SMILES string of the molecule is O=C(N[C@@H]1[C@@H](OS(=O)(=O)O)[C@H](OS(=O)(=O)O)[C@@H](COS(=O)(=O)O)O[C@@]1(O)Cc1ccccc1)c1ccc(/C=C/c2ccc(C(=O)N[C@@H]3[C@@H](OS(=O)(=O)O)[C@H](OS(=O)(=O)O)[C@@H](COS(=O)(=O)O)O[C@@]3(O)Cc3ccccc3)cc2)cc1. The van der Waals surface area contributed by atoms with Gasteiger partial charge < -0.3 is 30.3 Å². The van der Waals surface area contributed by atoms with Gasteiger partial charge in [0.05, 0.1) is 13.2 Å². The predicted octanol–water partition coefficient (Wildman–Crippen LogP) is -0.895. The average Bonchev–Trinajstić information content (AvgIpc) is 3.34. The van der Waals surface area contributed by atoms with Crippen molar-refractivity contribution in [3.63, 3.8) is 0 Å². The van der Waals surface area contributed by atoms with Crippen molar-refractivity contribution in [3.8, 4) is 0 Å². The molecule has 2 amide bonds. The van der Waals surface area contributed by atoms with Crippen molar-refractivity contribution in [2.45, 2.75) is 73.1 Å². The fraction of sp³-hybridized carbons (Fsp3) is 0.333. The molecule has 440 valence electrons. The molecule has 0 radical (unpaired) electrons. The van der Waals surface area contributed by atoms with Crippen LogP contribution in [0.15, 0.2) is 109 Å². The van der Waals surface area contributed by atoms with E-state index in [1.54, 1.807) is 12.1 Å². The molecule has 2 aliphatic rings. The van der Waals surface area contributed by atoms with Crippen molar-refractivity contribution in [2.24, 2.45) is 0 Å². The molecule has 10 atom stereocenters. The second-order valence-electron chi connectivity index (χ2n) is 17.2. The lowest BCUT2D eigenvalue weighted by Gasteiger charge is -2.49. The van der Waals surface area contributed by atoms with E-state index in [0.717, 1.165) is 0 Å². The minimum atomic E-state index is -5.73. The number of hydrogen-bond acceptors (Lipinski definition) is 24. The Hall–Kier alpha value is -5.38. The molecule has 2 saturated heterocycles. The summed E-state index contributed by atoms with van der Waals surface area (Å²) in [6.07, 6.45) is -13.4. The van der Waals surface area contributed by atoms with Gasteiger partial charge in [-0.15, -0.1) is 0 Å². The number of carbonyl (C=O) groups is 2. The minimum Gasteiger partial charge on any atom is -0.363 e. The highest BCUT2D eigenvalue weighted by Gasteiger charge is 2.60. The maximum absolute atomic E-state index is 13.9. The van der Waals surface area contributed by atoms with Gasteiger partial charge in [0.25, 0.3) is 11.8 Å². The maximum atomic E-state index is 13.9. The molecule has 4 aromatic rings. The van der Waals surface area contributed by atoms with Crippen LogP contribution in [0.3, 0.4) is 0 Å². The van der Waals surface area contributed by atoms with Crippen LogP contribution in [-0.2, 0) is 110 Å². The van der Waals surface area contributed by atoms with Crippen LogP contribution in [0.25, 0.3) is 12.2 Å². The first-order valence-electron chi connectivity index (χ1n) is 22.1. The largest absolute Gasteiger partial charge is 0.397 e. The molecule has 4 aromatic carbocycles. The Kier molecular flexibility index (Phi) is 19.9. The van der Waals surface area contributed by atoms with Crippen molar-refractivity contribution >= 4 is 86.4 Å². The molecule has 0 spiro atoms. The van der Waals surface area contributed by atoms with E-state index in [0.29, 0.717) is 11.1 Å². The molecule has 0 bridgehead atoms. The van der Waals surface area contributed by atoms with Crippen LogP contribution in [0.2, 0.25) is 0 Å². The summed E-state index contributed by atoms with van der Waals surface area (Å²) in [5.41, 5.74) is 0.599. The second-order valence-corrected chi connectivity index (χ2v) is 23.6. The monoisotopic (exact) mass is 1250 g/mol. The van der Waals surface area contributed by atoms with Crippen molar-refractivity contribution in [1.82, 2.24) is 10.6 Å². The van der Waals surface area contributed by atoms with E-state index in [4.69, 9.17) is 9.47 Å². The Morgan fingerprint density at radius 3 is 1.00 bits per heavy atom. The molecular weight excluding hydrogens is 1200 g/mol. The first-order chi connectivity index (χ1) is 36.9. The first kappa shape index (κ1) is 63.8. The molecule has 2 heterocycles. The topological polar surface area (TPSA) is 499 Å². The highest BCUT2D eigenvalue weighted by molar-refractivity contribution is 7.82. The molecule has 10 N–H and O–H groups in total. The van der Waals surface area contributed by atoms with Gasteiger partial charge in [-0.25, -0.2) is 25.1 Å². The third kappa shape index (κ3) is 19.1. The molecule has 0 aliphatic carbocycles. The summed E-state index contributed by atoms with van der Waals surface area (Å²) in [6, 6.07) is 20.2. The van der Waals surface area contributed by atoms with E-state index in [1.807, 2.05) is 0 Å². The number of nitrogens with one attached hydrogen (secondary N) is 2. The van der Waals surface area contributed by atoms with Crippen molar-refractivity contribution in [3.05, 3.63) is 143 Å². The fourth-order valence-corrected chi connectivity index (χ4v) is 10.9. The van der Waals surface area contributed by atoms with Gasteiger partial charge in [-0.1, -0.05) is 97.1 Å². The molecule has 0 saturated carbocycles. The molecule has 2 fully saturated rings. The smallest absolute Gasteiger partial charge is 0.363 e. The summed E-state index contributed by atoms with van der Waals surface area (Å²) >= 11 is 0. The summed E-state index contributed by atoms with van der Waals surface area (Å²) < 4.78 is 238. The number of benzene rings is 4. The van der Waals surface area contributed by atoms with Gasteiger partial charge >= 0.3 is 62.4 Å². The minimum absolute atomic E-state index is 0.190. The van der Waals surface area contributed by atoms with Crippen LogP contribution >= 0.6 is 0 Å². The summed E-state index contributed by atoms with van der Waals surface area (Å²) in [7, 11) is -33.6. The third-order valence-electron chi connectivity index (χ3n) is 11.4. The van der Waals surface area contributed by atoms with Gasteiger partial charge in [0.1, 0.15) is 48.7 Å². The molecule has 0 unspecified atom stereocenters.